The zero-order chi connectivity index (χ0) is 21.8. The van der Waals surface area contributed by atoms with E-state index in [2.05, 4.69) is 24.0 Å². The molecule has 0 atom stereocenters. The Hall–Kier alpha value is -3.34. The Kier molecular flexibility index (Phi) is 6.21. The van der Waals surface area contributed by atoms with Crippen molar-refractivity contribution in [3.05, 3.63) is 72.3 Å². The summed E-state index contributed by atoms with van der Waals surface area (Å²) in [6, 6.07) is 15.4. The number of benzene rings is 2. The van der Waals surface area contributed by atoms with Crippen LogP contribution in [0, 0.1) is 0 Å². The average Bonchev–Trinajstić information content (AvgIpc) is 3.12. The van der Waals surface area contributed by atoms with E-state index < -0.39 is 5.97 Å². The smallest absolute Gasteiger partial charge is 0.335 e. The molecule has 5 heteroatoms. The first-order valence-corrected chi connectivity index (χ1v) is 10.9. The largest absolute Gasteiger partial charge is 0.478 e. The van der Waals surface area contributed by atoms with Gasteiger partial charge in [-0.2, -0.15) is 0 Å². The summed E-state index contributed by atoms with van der Waals surface area (Å²) >= 11 is 0. The fourth-order valence-electron chi connectivity index (χ4n) is 4.77. The molecule has 1 aliphatic rings. The number of fused-ring (bicyclic) bond motifs is 1. The molecule has 4 rings (SSSR count). The summed E-state index contributed by atoms with van der Waals surface area (Å²) in [5.41, 5.74) is 4.35. The summed E-state index contributed by atoms with van der Waals surface area (Å²) in [7, 11) is 0. The number of rotatable bonds is 7. The maximum absolute atomic E-state index is 12.7. The van der Waals surface area contributed by atoms with Gasteiger partial charge >= 0.3 is 5.97 Å². The molecule has 5 nitrogen and oxygen atoms in total. The molecule has 1 heterocycles. The molecule has 160 valence electrons. The number of nitrogens with zero attached hydrogens (tertiary/aromatic N) is 1. The molecular weight excluding hydrogens is 388 g/mol. The minimum atomic E-state index is -0.966. The number of aromatic carboxylic acids is 1. The lowest BCUT2D eigenvalue weighted by Gasteiger charge is -2.23. The van der Waals surface area contributed by atoms with E-state index in [9.17, 15) is 14.7 Å². The summed E-state index contributed by atoms with van der Waals surface area (Å²) in [5, 5.41) is 13.5. The Morgan fingerprint density at radius 1 is 1.10 bits per heavy atom. The zero-order valence-electron chi connectivity index (χ0n) is 17.6. The van der Waals surface area contributed by atoms with E-state index in [-0.39, 0.29) is 18.0 Å². The third-order valence-electron chi connectivity index (χ3n) is 6.16. The molecule has 0 aliphatic heterocycles. The van der Waals surface area contributed by atoms with Gasteiger partial charge in [0.2, 0.25) is 5.91 Å². The predicted molar refractivity (Wildman–Crippen MR) is 123 cm³/mol. The van der Waals surface area contributed by atoms with Crippen LogP contribution in [0.4, 0.5) is 0 Å². The van der Waals surface area contributed by atoms with Gasteiger partial charge in [0.15, 0.2) is 0 Å². The summed E-state index contributed by atoms with van der Waals surface area (Å²) in [6.07, 6.45) is 7.52. The monoisotopic (exact) mass is 416 g/mol. The molecule has 0 unspecified atom stereocenters. The summed E-state index contributed by atoms with van der Waals surface area (Å²) < 4.78 is 2.00. The molecule has 0 spiro atoms. The van der Waals surface area contributed by atoms with Crippen molar-refractivity contribution in [2.45, 2.75) is 44.6 Å². The van der Waals surface area contributed by atoms with Crippen molar-refractivity contribution in [1.82, 2.24) is 9.88 Å². The van der Waals surface area contributed by atoms with Crippen molar-refractivity contribution >= 4 is 22.8 Å². The fraction of sp³-hybridized carbons (Fsp3) is 0.308. The van der Waals surface area contributed by atoms with E-state index in [0.717, 1.165) is 35.0 Å². The summed E-state index contributed by atoms with van der Waals surface area (Å²) in [5.74, 6) is -0.684. The van der Waals surface area contributed by atoms with Crippen LogP contribution in [0.2, 0.25) is 0 Å². The highest BCUT2D eigenvalue weighted by Crippen LogP contribution is 2.44. The number of amides is 1. The predicted octanol–water partition coefficient (Wildman–Crippen LogP) is 5.36. The van der Waals surface area contributed by atoms with Crippen LogP contribution < -0.4 is 5.32 Å². The van der Waals surface area contributed by atoms with Gasteiger partial charge in [-0.25, -0.2) is 4.79 Å². The van der Waals surface area contributed by atoms with Crippen molar-refractivity contribution in [2.24, 2.45) is 0 Å². The summed E-state index contributed by atoms with van der Waals surface area (Å²) in [4.78, 5) is 24.4. The van der Waals surface area contributed by atoms with E-state index in [4.69, 9.17) is 0 Å². The fourth-order valence-corrected chi connectivity index (χ4v) is 4.77. The van der Waals surface area contributed by atoms with Crippen LogP contribution in [0.15, 0.2) is 61.2 Å². The van der Waals surface area contributed by atoms with Gasteiger partial charge in [0.05, 0.1) is 16.8 Å². The van der Waals surface area contributed by atoms with E-state index >= 15 is 0 Å². The SMILES string of the molecule is C=CCNC(=O)Cn1c(-c2ccccc2)c(C2CCCCC2)c2ccc(C(=O)O)cc21. The molecule has 1 aromatic heterocycles. The molecule has 2 N–H and O–H groups in total. The van der Waals surface area contributed by atoms with E-state index in [1.807, 2.05) is 28.8 Å². The lowest BCUT2D eigenvalue weighted by Crippen LogP contribution is -2.27. The van der Waals surface area contributed by atoms with Crippen molar-refractivity contribution in [3.8, 4) is 11.3 Å². The Morgan fingerprint density at radius 3 is 2.52 bits per heavy atom. The first kappa shape index (κ1) is 20.9. The molecule has 0 saturated heterocycles. The van der Waals surface area contributed by atoms with Crippen molar-refractivity contribution in [3.63, 3.8) is 0 Å². The molecule has 1 fully saturated rings. The molecule has 3 aromatic rings. The van der Waals surface area contributed by atoms with Gasteiger partial charge in [-0.3, -0.25) is 4.79 Å². The molecule has 0 bridgehead atoms. The molecule has 1 saturated carbocycles. The molecular formula is C26H28N2O3. The first-order chi connectivity index (χ1) is 15.1. The Balaban J connectivity index is 1.97. The zero-order valence-corrected chi connectivity index (χ0v) is 17.6. The van der Waals surface area contributed by atoms with E-state index in [1.54, 1.807) is 18.2 Å². The average molecular weight is 417 g/mol. The molecule has 1 amide bonds. The Labute approximate surface area is 182 Å². The number of carboxylic acids is 1. The second-order valence-corrected chi connectivity index (χ2v) is 8.18. The van der Waals surface area contributed by atoms with Gasteiger partial charge in [-0.1, -0.05) is 61.7 Å². The number of aromatic nitrogens is 1. The van der Waals surface area contributed by atoms with Crippen LogP contribution in [0.25, 0.3) is 22.2 Å². The van der Waals surface area contributed by atoms with Crippen LogP contribution in [0.1, 0.15) is 53.9 Å². The van der Waals surface area contributed by atoms with Gasteiger partial charge in [0, 0.05) is 11.9 Å². The highest BCUT2D eigenvalue weighted by Gasteiger charge is 2.27. The minimum absolute atomic E-state index is 0.120. The van der Waals surface area contributed by atoms with Gasteiger partial charge in [0.1, 0.15) is 6.54 Å². The Morgan fingerprint density at radius 2 is 1.84 bits per heavy atom. The lowest BCUT2D eigenvalue weighted by molar-refractivity contribution is -0.121. The third kappa shape index (κ3) is 4.26. The maximum Gasteiger partial charge on any atom is 0.335 e. The quantitative estimate of drug-likeness (QED) is 0.510. The second-order valence-electron chi connectivity index (χ2n) is 8.18. The molecule has 2 aromatic carbocycles. The standard InChI is InChI=1S/C26H28N2O3/c1-2-15-27-23(29)17-28-22-16-20(26(30)31)13-14-21(22)24(18-9-5-3-6-10-18)25(28)19-11-7-4-8-12-19/h2,4,7-8,11-14,16,18H,1,3,5-6,9-10,15,17H2,(H,27,29)(H,30,31). The van der Waals surface area contributed by atoms with E-state index in [0.29, 0.717) is 12.5 Å². The Bertz CT molecular complexity index is 1110. The number of hydrogen-bond donors (Lipinski definition) is 2. The number of carbonyl (C=O) groups is 2. The van der Waals surface area contributed by atoms with Gasteiger partial charge < -0.3 is 15.0 Å². The van der Waals surface area contributed by atoms with Crippen LogP contribution >= 0.6 is 0 Å². The normalized spacial score (nSPS) is 14.5. The van der Waals surface area contributed by atoms with Crippen molar-refractivity contribution < 1.29 is 14.7 Å². The minimum Gasteiger partial charge on any atom is -0.478 e. The topological polar surface area (TPSA) is 71.3 Å². The highest BCUT2D eigenvalue weighted by atomic mass is 16.4. The molecule has 0 radical (unpaired) electrons. The molecule has 1 aliphatic carbocycles. The van der Waals surface area contributed by atoms with Gasteiger partial charge in [0.25, 0.3) is 0 Å². The van der Waals surface area contributed by atoms with Crippen LogP contribution in [-0.4, -0.2) is 28.1 Å². The van der Waals surface area contributed by atoms with E-state index in [1.165, 1.54) is 24.8 Å². The number of carbonyl (C=O) groups excluding carboxylic acids is 1. The van der Waals surface area contributed by atoms with Crippen LogP contribution in [0.3, 0.4) is 0 Å². The highest BCUT2D eigenvalue weighted by molar-refractivity contribution is 5.99. The lowest BCUT2D eigenvalue weighted by atomic mass is 9.82. The summed E-state index contributed by atoms with van der Waals surface area (Å²) in [6.45, 7) is 4.19. The second kappa shape index (κ2) is 9.21. The van der Waals surface area contributed by atoms with Gasteiger partial charge in [-0.05, 0) is 42.0 Å². The van der Waals surface area contributed by atoms with Crippen molar-refractivity contribution in [1.29, 1.82) is 0 Å². The van der Waals surface area contributed by atoms with Crippen LogP contribution in [-0.2, 0) is 11.3 Å². The van der Waals surface area contributed by atoms with Crippen molar-refractivity contribution in [2.75, 3.05) is 6.54 Å². The first-order valence-electron chi connectivity index (χ1n) is 10.9. The maximum atomic E-state index is 12.7. The number of carboxylic acid groups (broad SMARTS) is 1. The number of nitrogens with one attached hydrogen (secondary N) is 1. The third-order valence-corrected chi connectivity index (χ3v) is 6.16. The van der Waals surface area contributed by atoms with Gasteiger partial charge in [-0.15, -0.1) is 6.58 Å². The number of hydrogen-bond acceptors (Lipinski definition) is 2. The molecule has 31 heavy (non-hydrogen) atoms. The van der Waals surface area contributed by atoms with Crippen LogP contribution in [0.5, 0.6) is 0 Å².